The summed E-state index contributed by atoms with van der Waals surface area (Å²) in [7, 11) is 0. The molecule has 1 heterocycles. The molecule has 0 saturated carbocycles. The van der Waals surface area contributed by atoms with Gasteiger partial charge in [-0.25, -0.2) is 0 Å². The highest BCUT2D eigenvalue weighted by Crippen LogP contribution is 2.22. The molecule has 2 rings (SSSR count). The molecule has 0 bridgehead atoms. The third-order valence-corrected chi connectivity index (χ3v) is 3.72. The highest BCUT2D eigenvalue weighted by Gasteiger charge is 2.35. The Morgan fingerprint density at radius 1 is 1.35 bits per heavy atom. The van der Waals surface area contributed by atoms with E-state index in [1.54, 1.807) is 0 Å². The maximum atomic E-state index is 11.7. The van der Waals surface area contributed by atoms with Gasteiger partial charge in [0.05, 0.1) is 19.8 Å². The number of carbonyl (C=O) groups excluding carboxylic acids is 1. The van der Waals surface area contributed by atoms with Crippen LogP contribution in [0.15, 0.2) is 30.3 Å². The first kappa shape index (κ1) is 15.0. The van der Waals surface area contributed by atoms with Crippen LogP contribution in [0.1, 0.15) is 25.8 Å². The van der Waals surface area contributed by atoms with Gasteiger partial charge in [-0.05, 0) is 31.7 Å². The molecule has 1 saturated heterocycles. The Labute approximate surface area is 120 Å². The van der Waals surface area contributed by atoms with Crippen LogP contribution in [0.3, 0.4) is 0 Å². The Morgan fingerprint density at radius 2 is 2.10 bits per heavy atom. The predicted octanol–water partition coefficient (Wildman–Crippen LogP) is 2.13. The van der Waals surface area contributed by atoms with Crippen molar-refractivity contribution in [3.63, 3.8) is 0 Å². The third kappa shape index (κ3) is 4.05. The van der Waals surface area contributed by atoms with E-state index in [1.807, 2.05) is 25.1 Å². The monoisotopic (exact) mass is 277 g/mol. The first-order chi connectivity index (χ1) is 9.70. The van der Waals surface area contributed by atoms with Gasteiger partial charge in [0.1, 0.15) is 6.04 Å². The van der Waals surface area contributed by atoms with Crippen molar-refractivity contribution < 1.29 is 14.3 Å². The summed E-state index contributed by atoms with van der Waals surface area (Å²) in [5, 5.41) is 3.28. The van der Waals surface area contributed by atoms with Crippen LogP contribution in [-0.4, -0.2) is 31.3 Å². The van der Waals surface area contributed by atoms with Crippen molar-refractivity contribution >= 4 is 5.97 Å². The van der Waals surface area contributed by atoms with Crippen molar-refractivity contribution in [1.29, 1.82) is 0 Å². The number of rotatable bonds is 6. The Morgan fingerprint density at radius 3 is 2.80 bits per heavy atom. The van der Waals surface area contributed by atoms with Crippen LogP contribution >= 0.6 is 0 Å². The maximum absolute atomic E-state index is 11.7. The Hall–Kier alpha value is -1.39. The van der Waals surface area contributed by atoms with E-state index in [0.717, 1.165) is 6.42 Å². The summed E-state index contributed by atoms with van der Waals surface area (Å²) >= 11 is 0. The molecule has 1 aromatic carbocycles. The lowest BCUT2D eigenvalue weighted by atomic mass is 10.0. The van der Waals surface area contributed by atoms with Crippen molar-refractivity contribution in [1.82, 2.24) is 5.32 Å². The second kappa shape index (κ2) is 7.41. The maximum Gasteiger partial charge on any atom is 0.323 e. The zero-order chi connectivity index (χ0) is 14.4. The number of carbonyl (C=O) groups is 1. The highest BCUT2D eigenvalue weighted by molar-refractivity contribution is 5.76. The molecule has 3 atom stereocenters. The molecule has 1 aromatic rings. The number of hydrogen-bond donors (Lipinski definition) is 1. The molecular formula is C16H23NO3. The van der Waals surface area contributed by atoms with E-state index in [9.17, 15) is 4.79 Å². The smallest absolute Gasteiger partial charge is 0.323 e. The van der Waals surface area contributed by atoms with Crippen molar-refractivity contribution in [2.75, 3.05) is 13.2 Å². The molecule has 1 aliphatic rings. The SMILES string of the molecule is CCOC(=O)[C@@H]1C[C@H](COCc2ccccc2)[C@@H](C)N1. The lowest BCUT2D eigenvalue weighted by Gasteiger charge is -2.14. The van der Waals surface area contributed by atoms with E-state index in [0.29, 0.717) is 25.7 Å². The largest absolute Gasteiger partial charge is 0.465 e. The zero-order valence-corrected chi connectivity index (χ0v) is 12.2. The number of ether oxygens (including phenoxy) is 2. The van der Waals surface area contributed by atoms with Crippen LogP contribution in [0, 0.1) is 5.92 Å². The second-order valence-corrected chi connectivity index (χ2v) is 5.26. The number of nitrogens with one attached hydrogen (secondary N) is 1. The van der Waals surface area contributed by atoms with Gasteiger partial charge in [-0.15, -0.1) is 0 Å². The van der Waals surface area contributed by atoms with Gasteiger partial charge in [0.15, 0.2) is 0 Å². The molecule has 4 heteroatoms. The average Bonchev–Trinajstić information content (AvgIpc) is 2.82. The van der Waals surface area contributed by atoms with Gasteiger partial charge >= 0.3 is 5.97 Å². The summed E-state index contributed by atoms with van der Waals surface area (Å²) in [6.45, 7) is 5.64. The van der Waals surface area contributed by atoms with Crippen LogP contribution in [0.2, 0.25) is 0 Å². The number of hydrogen-bond acceptors (Lipinski definition) is 4. The molecule has 0 radical (unpaired) electrons. The summed E-state index contributed by atoms with van der Waals surface area (Å²) in [6, 6.07) is 10.2. The fourth-order valence-electron chi connectivity index (χ4n) is 2.55. The molecular weight excluding hydrogens is 254 g/mol. The van der Waals surface area contributed by atoms with Crippen LogP contribution in [0.4, 0.5) is 0 Å². The zero-order valence-electron chi connectivity index (χ0n) is 12.2. The van der Waals surface area contributed by atoms with Crippen molar-refractivity contribution in [3.8, 4) is 0 Å². The minimum atomic E-state index is -0.185. The summed E-state index contributed by atoms with van der Waals surface area (Å²) in [4.78, 5) is 11.7. The average molecular weight is 277 g/mol. The quantitative estimate of drug-likeness (QED) is 0.809. The molecule has 0 aliphatic carbocycles. The first-order valence-electron chi connectivity index (χ1n) is 7.25. The van der Waals surface area contributed by atoms with Crippen LogP contribution in [0.25, 0.3) is 0 Å². The van der Waals surface area contributed by atoms with Gasteiger partial charge in [0.25, 0.3) is 0 Å². The van der Waals surface area contributed by atoms with Crippen molar-refractivity contribution in [3.05, 3.63) is 35.9 Å². The fourth-order valence-corrected chi connectivity index (χ4v) is 2.55. The normalized spacial score (nSPS) is 25.6. The van der Waals surface area contributed by atoms with Crippen molar-refractivity contribution in [2.24, 2.45) is 5.92 Å². The van der Waals surface area contributed by atoms with E-state index >= 15 is 0 Å². The summed E-state index contributed by atoms with van der Waals surface area (Å²) in [6.07, 6.45) is 0.786. The lowest BCUT2D eigenvalue weighted by molar-refractivity contribution is -0.145. The van der Waals surface area contributed by atoms with Gasteiger partial charge in [-0.2, -0.15) is 0 Å². The van der Waals surface area contributed by atoms with Crippen LogP contribution in [-0.2, 0) is 20.9 Å². The van der Waals surface area contributed by atoms with Gasteiger partial charge in [-0.3, -0.25) is 4.79 Å². The molecule has 20 heavy (non-hydrogen) atoms. The fraction of sp³-hybridized carbons (Fsp3) is 0.562. The molecule has 1 aliphatic heterocycles. The Balaban J connectivity index is 1.75. The molecule has 0 unspecified atom stereocenters. The third-order valence-electron chi connectivity index (χ3n) is 3.72. The second-order valence-electron chi connectivity index (χ2n) is 5.26. The first-order valence-corrected chi connectivity index (χ1v) is 7.25. The van der Waals surface area contributed by atoms with E-state index < -0.39 is 0 Å². The van der Waals surface area contributed by atoms with E-state index in [2.05, 4.69) is 24.4 Å². The van der Waals surface area contributed by atoms with Crippen LogP contribution in [0.5, 0.6) is 0 Å². The van der Waals surface area contributed by atoms with Crippen molar-refractivity contribution in [2.45, 2.75) is 39.0 Å². The molecule has 0 aromatic heterocycles. The van der Waals surface area contributed by atoms with Gasteiger partial charge < -0.3 is 14.8 Å². The topological polar surface area (TPSA) is 47.6 Å². The van der Waals surface area contributed by atoms with Crippen LogP contribution < -0.4 is 5.32 Å². The Bertz CT molecular complexity index is 421. The van der Waals surface area contributed by atoms with Gasteiger partial charge in [0.2, 0.25) is 0 Å². The summed E-state index contributed by atoms with van der Waals surface area (Å²) in [5.74, 6) is 0.207. The summed E-state index contributed by atoms with van der Waals surface area (Å²) in [5.41, 5.74) is 1.17. The Kier molecular flexibility index (Phi) is 5.56. The minimum Gasteiger partial charge on any atom is -0.465 e. The van der Waals surface area contributed by atoms with Gasteiger partial charge in [0, 0.05) is 6.04 Å². The predicted molar refractivity (Wildman–Crippen MR) is 77.2 cm³/mol. The molecule has 110 valence electrons. The minimum absolute atomic E-state index is 0.148. The number of esters is 1. The molecule has 1 fully saturated rings. The number of benzene rings is 1. The van der Waals surface area contributed by atoms with E-state index in [-0.39, 0.29) is 18.1 Å². The summed E-state index contributed by atoms with van der Waals surface area (Å²) < 4.78 is 10.8. The molecule has 0 spiro atoms. The van der Waals surface area contributed by atoms with Gasteiger partial charge in [-0.1, -0.05) is 30.3 Å². The standard InChI is InChI=1S/C16H23NO3/c1-3-20-16(18)15-9-14(12(2)17-15)11-19-10-13-7-5-4-6-8-13/h4-8,12,14-15,17H,3,9-11H2,1-2H3/t12-,14-,15+/m1/s1. The molecule has 1 N–H and O–H groups in total. The highest BCUT2D eigenvalue weighted by atomic mass is 16.5. The molecule has 0 amide bonds. The van der Waals surface area contributed by atoms with E-state index in [1.165, 1.54) is 5.56 Å². The lowest BCUT2D eigenvalue weighted by Crippen LogP contribution is -2.36. The van der Waals surface area contributed by atoms with E-state index in [4.69, 9.17) is 9.47 Å². The molecule has 4 nitrogen and oxygen atoms in total.